The van der Waals surface area contributed by atoms with E-state index in [0.29, 0.717) is 17.8 Å². The Morgan fingerprint density at radius 1 is 1.22 bits per heavy atom. The number of sulfonamides is 1. The van der Waals surface area contributed by atoms with E-state index in [4.69, 9.17) is 4.74 Å². The Kier molecular flexibility index (Phi) is 5.76. The first-order valence-electron chi connectivity index (χ1n) is 8.64. The van der Waals surface area contributed by atoms with E-state index in [1.807, 2.05) is 0 Å². The molecule has 1 aliphatic heterocycles. The van der Waals surface area contributed by atoms with Gasteiger partial charge in [-0.2, -0.15) is 0 Å². The summed E-state index contributed by atoms with van der Waals surface area (Å²) in [5, 5.41) is 2.81. The van der Waals surface area contributed by atoms with Gasteiger partial charge in [0.05, 0.1) is 11.0 Å². The zero-order valence-corrected chi connectivity index (χ0v) is 15.7. The Morgan fingerprint density at radius 3 is 2.59 bits per heavy atom. The molecule has 1 amide bonds. The summed E-state index contributed by atoms with van der Waals surface area (Å²) in [4.78, 5) is 12.1. The number of nitrogens with one attached hydrogen (secondary N) is 2. The van der Waals surface area contributed by atoms with Gasteiger partial charge in [0, 0.05) is 24.4 Å². The molecule has 3 rings (SSSR count). The molecule has 2 aromatic carbocycles. The Labute approximate surface area is 157 Å². The first-order chi connectivity index (χ1) is 12.8. The number of carbonyl (C=O) groups excluding carboxylic acids is 1. The predicted molar refractivity (Wildman–Crippen MR) is 99.7 cm³/mol. The lowest BCUT2D eigenvalue weighted by atomic mass is 10.2. The van der Waals surface area contributed by atoms with Crippen LogP contribution < -0.4 is 10.0 Å². The van der Waals surface area contributed by atoms with Crippen molar-refractivity contribution in [3.8, 4) is 0 Å². The average Bonchev–Trinajstić information content (AvgIpc) is 3.16. The molecule has 0 bridgehead atoms. The summed E-state index contributed by atoms with van der Waals surface area (Å²) in [6, 6.07) is 9.69. The highest BCUT2D eigenvalue weighted by atomic mass is 32.2. The van der Waals surface area contributed by atoms with Crippen molar-refractivity contribution in [2.45, 2.75) is 30.8 Å². The van der Waals surface area contributed by atoms with Gasteiger partial charge in [-0.25, -0.2) is 12.8 Å². The van der Waals surface area contributed by atoms with Gasteiger partial charge >= 0.3 is 0 Å². The van der Waals surface area contributed by atoms with Crippen LogP contribution >= 0.6 is 0 Å². The third kappa shape index (κ3) is 4.84. The second-order valence-corrected chi connectivity index (χ2v) is 8.12. The molecule has 27 heavy (non-hydrogen) atoms. The topological polar surface area (TPSA) is 84.5 Å². The van der Waals surface area contributed by atoms with E-state index in [9.17, 15) is 17.6 Å². The fraction of sp³-hybridized carbons (Fsp3) is 0.316. The molecular weight excluding hydrogens is 371 g/mol. The molecule has 2 N–H and O–H groups in total. The number of halogens is 1. The summed E-state index contributed by atoms with van der Waals surface area (Å²) in [6.45, 7) is 2.68. The van der Waals surface area contributed by atoms with E-state index in [2.05, 4.69) is 10.0 Å². The van der Waals surface area contributed by atoms with Crippen LogP contribution in [0.2, 0.25) is 0 Å². The predicted octanol–water partition coefficient (Wildman–Crippen LogP) is 2.84. The number of rotatable bonds is 6. The van der Waals surface area contributed by atoms with Gasteiger partial charge in [0.1, 0.15) is 5.82 Å². The highest BCUT2D eigenvalue weighted by molar-refractivity contribution is 7.92. The molecule has 144 valence electrons. The number of amides is 1. The van der Waals surface area contributed by atoms with Crippen LogP contribution in [0.4, 0.5) is 10.1 Å². The van der Waals surface area contributed by atoms with E-state index in [0.717, 1.165) is 25.5 Å². The highest BCUT2D eigenvalue weighted by Crippen LogP contribution is 2.19. The van der Waals surface area contributed by atoms with Gasteiger partial charge in [-0.1, -0.05) is 0 Å². The summed E-state index contributed by atoms with van der Waals surface area (Å²) >= 11 is 0. The molecule has 1 heterocycles. The van der Waals surface area contributed by atoms with Gasteiger partial charge in [-0.05, 0) is 67.8 Å². The van der Waals surface area contributed by atoms with Crippen molar-refractivity contribution in [3.63, 3.8) is 0 Å². The van der Waals surface area contributed by atoms with Gasteiger partial charge in [-0.3, -0.25) is 9.52 Å². The van der Waals surface area contributed by atoms with Crippen molar-refractivity contribution in [3.05, 3.63) is 59.4 Å². The maximum Gasteiger partial charge on any atom is 0.261 e. The Hall–Kier alpha value is -2.45. The largest absolute Gasteiger partial charge is 0.376 e. The van der Waals surface area contributed by atoms with Crippen LogP contribution in [0.25, 0.3) is 0 Å². The van der Waals surface area contributed by atoms with Crippen LogP contribution in [0, 0.1) is 12.7 Å². The van der Waals surface area contributed by atoms with E-state index in [1.165, 1.54) is 31.2 Å². The second-order valence-electron chi connectivity index (χ2n) is 6.44. The van der Waals surface area contributed by atoms with Crippen molar-refractivity contribution in [2.24, 2.45) is 0 Å². The van der Waals surface area contributed by atoms with Gasteiger partial charge in [0.25, 0.3) is 15.9 Å². The smallest absolute Gasteiger partial charge is 0.261 e. The molecule has 0 aliphatic carbocycles. The van der Waals surface area contributed by atoms with Crippen molar-refractivity contribution in [2.75, 3.05) is 17.9 Å². The van der Waals surface area contributed by atoms with Gasteiger partial charge < -0.3 is 10.1 Å². The van der Waals surface area contributed by atoms with Crippen LogP contribution in [-0.4, -0.2) is 33.6 Å². The molecule has 1 saturated heterocycles. The van der Waals surface area contributed by atoms with Crippen molar-refractivity contribution in [1.29, 1.82) is 0 Å². The summed E-state index contributed by atoms with van der Waals surface area (Å²) in [7, 11) is -3.84. The zero-order valence-electron chi connectivity index (χ0n) is 14.9. The third-order valence-electron chi connectivity index (χ3n) is 4.35. The molecular formula is C19H21FN2O4S. The van der Waals surface area contributed by atoms with Gasteiger partial charge in [-0.15, -0.1) is 0 Å². The number of ether oxygens (including phenoxy) is 1. The molecule has 1 fully saturated rings. The van der Waals surface area contributed by atoms with E-state index < -0.39 is 15.8 Å². The van der Waals surface area contributed by atoms with Gasteiger partial charge in [0.2, 0.25) is 0 Å². The minimum atomic E-state index is -3.84. The standard InChI is InChI=1S/C19H21FN2O4S/c1-13-11-17(8-9-18(13)20)27(24,25)22-15-6-4-14(5-7-15)19(23)21-12-16-3-2-10-26-16/h4-9,11,16,22H,2-3,10,12H2,1H3,(H,21,23)/t16-/m1/s1. The number of hydrogen-bond acceptors (Lipinski definition) is 4. The third-order valence-corrected chi connectivity index (χ3v) is 5.73. The van der Waals surface area contributed by atoms with Crippen LogP contribution in [0.3, 0.4) is 0 Å². The first kappa shape index (κ1) is 19.3. The van der Waals surface area contributed by atoms with E-state index in [-0.39, 0.29) is 22.5 Å². The highest BCUT2D eigenvalue weighted by Gasteiger charge is 2.18. The lowest BCUT2D eigenvalue weighted by Crippen LogP contribution is -2.31. The molecule has 0 spiro atoms. The minimum Gasteiger partial charge on any atom is -0.376 e. The van der Waals surface area contributed by atoms with E-state index >= 15 is 0 Å². The number of carbonyl (C=O) groups is 1. The van der Waals surface area contributed by atoms with Gasteiger partial charge in [0.15, 0.2) is 0 Å². The fourth-order valence-electron chi connectivity index (χ4n) is 2.80. The number of anilines is 1. The Bertz CT molecular complexity index is 923. The minimum absolute atomic E-state index is 0.0280. The molecule has 2 aromatic rings. The lowest BCUT2D eigenvalue weighted by Gasteiger charge is -2.12. The average molecular weight is 392 g/mol. The molecule has 0 saturated carbocycles. The number of aryl methyl sites for hydroxylation is 1. The van der Waals surface area contributed by atoms with Crippen LogP contribution in [0.15, 0.2) is 47.4 Å². The summed E-state index contributed by atoms with van der Waals surface area (Å²) in [6.07, 6.45) is 1.99. The quantitative estimate of drug-likeness (QED) is 0.792. The molecule has 1 atom stereocenters. The summed E-state index contributed by atoms with van der Waals surface area (Å²) < 4.78 is 46.0. The zero-order chi connectivity index (χ0) is 19.4. The van der Waals surface area contributed by atoms with Crippen LogP contribution in [0.1, 0.15) is 28.8 Å². The molecule has 1 aliphatic rings. The van der Waals surface area contributed by atoms with Crippen molar-refractivity contribution >= 4 is 21.6 Å². The monoisotopic (exact) mass is 392 g/mol. The fourth-order valence-corrected chi connectivity index (χ4v) is 3.95. The molecule has 0 radical (unpaired) electrons. The maximum atomic E-state index is 13.3. The Balaban J connectivity index is 1.64. The molecule has 8 heteroatoms. The van der Waals surface area contributed by atoms with E-state index in [1.54, 1.807) is 12.1 Å². The lowest BCUT2D eigenvalue weighted by molar-refractivity contribution is 0.0858. The van der Waals surface area contributed by atoms with Crippen LogP contribution in [-0.2, 0) is 14.8 Å². The van der Waals surface area contributed by atoms with Crippen molar-refractivity contribution < 1.29 is 22.3 Å². The maximum absolute atomic E-state index is 13.3. The summed E-state index contributed by atoms with van der Waals surface area (Å²) in [5.41, 5.74) is 0.984. The first-order valence-corrected chi connectivity index (χ1v) is 10.1. The van der Waals surface area contributed by atoms with Crippen molar-refractivity contribution in [1.82, 2.24) is 5.32 Å². The second kappa shape index (κ2) is 8.06. The molecule has 6 nitrogen and oxygen atoms in total. The number of hydrogen-bond donors (Lipinski definition) is 2. The molecule has 0 aromatic heterocycles. The number of benzene rings is 2. The SMILES string of the molecule is Cc1cc(S(=O)(=O)Nc2ccc(C(=O)NC[C@H]3CCCO3)cc2)ccc1F. The molecule has 0 unspecified atom stereocenters. The normalized spacial score (nSPS) is 16.9. The Morgan fingerprint density at radius 2 is 1.96 bits per heavy atom. The summed E-state index contributed by atoms with van der Waals surface area (Å²) in [5.74, 6) is -0.707. The van der Waals surface area contributed by atoms with Crippen LogP contribution in [0.5, 0.6) is 0 Å².